The van der Waals surface area contributed by atoms with E-state index in [1.54, 1.807) is 0 Å². The first-order chi connectivity index (χ1) is 16.0. The molecule has 172 valence electrons. The normalized spacial score (nSPS) is 25.2. The van der Waals surface area contributed by atoms with Gasteiger partial charge in [0.15, 0.2) is 0 Å². The molecule has 0 N–H and O–H groups in total. The molecule has 2 atom stereocenters. The molecular weight excluding hydrogens is 449 g/mol. The Labute approximate surface area is 207 Å². The fraction of sp³-hybridized carbons (Fsp3) is 0.393. The van der Waals surface area contributed by atoms with Crippen LogP contribution in [0.25, 0.3) is 0 Å². The lowest BCUT2D eigenvalue weighted by Crippen LogP contribution is -2.54. The Balaban J connectivity index is 1.58. The Morgan fingerprint density at radius 3 is 1.91 bits per heavy atom. The molecule has 0 unspecified atom stereocenters. The second kappa shape index (κ2) is 9.38. The lowest BCUT2D eigenvalue weighted by atomic mass is 9.71. The van der Waals surface area contributed by atoms with Gasteiger partial charge < -0.3 is 4.90 Å². The van der Waals surface area contributed by atoms with Crippen molar-refractivity contribution in [2.45, 2.75) is 49.2 Å². The number of hydrogen-bond acceptors (Lipinski definition) is 3. The summed E-state index contributed by atoms with van der Waals surface area (Å²) in [5.41, 5.74) is 3.56. The summed E-state index contributed by atoms with van der Waals surface area (Å²) in [4.78, 5) is 9.90. The van der Waals surface area contributed by atoms with Gasteiger partial charge in [-0.3, -0.25) is 9.88 Å². The minimum Gasteiger partial charge on any atom is -0.308 e. The molecule has 0 spiro atoms. The molecule has 1 aromatic heterocycles. The van der Waals surface area contributed by atoms with E-state index in [2.05, 4.69) is 60.3 Å². The second-order valence-corrected chi connectivity index (χ2v) is 10.7. The number of rotatable bonds is 6. The van der Waals surface area contributed by atoms with Gasteiger partial charge in [0.05, 0.1) is 6.04 Å². The first-order valence-electron chi connectivity index (χ1n) is 11.8. The molecule has 0 aliphatic carbocycles. The van der Waals surface area contributed by atoms with Crippen LogP contribution in [-0.2, 0) is 5.41 Å². The summed E-state index contributed by atoms with van der Waals surface area (Å²) >= 11 is 13.6. The van der Waals surface area contributed by atoms with Crippen LogP contribution >= 0.6 is 23.2 Å². The maximum absolute atomic E-state index is 6.79. The minimum atomic E-state index is 0.0472. The van der Waals surface area contributed by atoms with Gasteiger partial charge in [-0.1, -0.05) is 65.7 Å². The van der Waals surface area contributed by atoms with Gasteiger partial charge in [0.1, 0.15) is 0 Å². The van der Waals surface area contributed by atoms with Crippen molar-refractivity contribution in [3.8, 4) is 0 Å². The summed E-state index contributed by atoms with van der Waals surface area (Å²) in [5, 5.41) is 1.60. The maximum atomic E-state index is 6.79. The minimum absolute atomic E-state index is 0.0472. The van der Waals surface area contributed by atoms with Crippen LogP contribution in [0.5, 0.6) is 0 Å². The first kappa shape index (κ1) is 22.9. The van der Waals surface area contributed by atoms with E-state index in [0.717, 1.165) is 40.6 Å². The van der Waals surface area contributed by atoms with Crippen molar-refractivity contribution in [2.75, 3.05) is 20.6 Å². The molecule has 3 aromatic rings. The molecule has 0 saturated carbocycles. The molecule has 0 amide bonds. The van der Waals surface area contributed by atoms with Crippen LogP contribution in [0.4, 0.5) is 0 Å². The number of aromatic nitrogens is 1. The van der Waals surface area contributed by atoms with E-state index in [9.17, 15) is 0 Å². The molecule has 2 aliphatic heterocycles. The highest BCUT2D eigenvalue weighted by Gasteiger charge is 2.52. The van der Waals surface area contributed by atoms with Crippen molar-refractivity contribution >= 4 is 23.2 Å². The monoisotopic (exact) mass is 479 g/mol. The third-order valence-corrected chi connectivity index (χ3v) is 8.14. The number of hydrogen-bond donors (Lipinski definition) is 0. The zero-order chi connectivity index (χ0) is 23.0. The molecule has 0 radical (unpaired) electrons. The molecule has 5 rings (SSSR count). The zero-order valence-corrected chi connectivity index (χ0v) is 20.8. The number of likely N-dealkylation sites (N-methyl/N-ethyl adjacent to an activating group) is 1. The van der Waals surface area contributed by atoms with E-state index in [4.69, 9.17) is 28.2 Å². The molecule has 5 heteroatoms. The highest BCUT2D eigenvalue weighted by atomic mass is 35.5. The fourth-order valence-electron chi connectivity index (χ4n) is 6.39. The van der Waals surface area contributed by atoms with Gasteiger partial charge in [-0.25, -0.2) is 0 Å². The zero-order valence-electron chi connectivity index (χ0n) is 19.3. The molecule has 2 bridgehead atoms. The summed E-state index contributed by atoms with van der Waals surface area (Å²) in [5.74, 6) is 0. The average molecular weight is 480 g/mol. The van der Waals surface area contributed by atoms with Crippen molar-refractivity contribution in [3.05, 3.63) is 99.8 Å². The van der Waals surface area contributed by atoms with Gasteiger partial charge in [0.25, 0.3) is 0 Å². The summed E-state index contributed by atoms with van der Waals surface area (Å²) < 4.78 is 0. The van der Waals surface area contributed by atoms with E-state index < -0.39 is 0 Å². The van der Waals surface area contributed by atoms with Crippen LogP contribution in [0.15, 0.2) is 72.9 Å². The van der Waals surface area contributed by atoms with Crippen LogP contribution in [0.2, 0.25) is 10.0 Å². The van der Waals surface area contributed by atoms with Crippen LogP contribution in [0.1, 0.15) is 48.5 Å². The van der Waals surface area contributed by atoms with Crippen molar-refractivity contribution in [3.63, 3.8) is 0 Å². The molecule has 2 aliphatic rings. The van der Waals surface area contributed by atoms with E-state index in [1.807, 2.05) is 36.5 Å². The molecule has 2 aromatic carbocycles. The molecule has 2 fully saturated rings. The standard InChI is InChI=1S/C28H31Cl2N3/c1-32(2)19-28(26-13-7-8-16-31-26)17-20-14-15-21(18-28)33(20)27(22-9-3-5-11-24(22)29)23-10-4-6-12-25(23)30/h3-13,16,20-21,27H,14-15,17-19H2,1-2H3/t20-,21-/m0/s1. The number of halogens is 2. The van der Waals surface area contributed by atoms with Crippen LogP contribution in [0.3, 0.4) is 0 Å². The predicted molar refractivity (Wildman–Crippen MR) is 137 cm³/mol. The number of fused-ring (bicyclic) bond motifs is 2. The van der Waals surface area contributed by atoms with Crippen molar-refractivity contribution < 1.29 is 0 Å². The van der Waals surface area contributed by atoms with E-state index in [-0.39, 0.29) is 11.5 Å². The Morgan fingerprint density at radius 1 is 0.879 bits per heavy atom. The summed E-state index contributed by atoms with van der Waals surface area (Å²) in [6.45, 7) is 1.01. The first-order valence-corrected chi connectivity index (χ1v) is 12.6. The van der Waals surface area contributed by atoms with E-state index >= 15 is 0 Å². The topological polar surface area (TPSA) is 19.4 Å². The van der Waals surface area contributed by atoms with E-state index in [1.165, 1.54) is 18.5 Å². The third kappa shape index (κ3) is 4.33. The summed E-state index contributed by atoms with van der Waals surface area (Å²) in [6.07, 6.45) is 6.50. The lowest BCUT2D eigenvalue weighted by molar-refractivity contribution is 0.0449. The van der Waals surface area contributed by atoms with Crippen LogP contribution < -0.4 is 0 Å². The Hall–Kier alpha value is -1.91. The molecule has 3 heterocycles. The predicted octanol–water partition coefficient (Wildman–Crippen LogP) is 6.60. The molecular formula is C28H31Cl2N3. The second-order valence-electron chi connectivity index (χ2n) is 9.92. The van der Waals surface area contributed by atoms with E-state index in [0.29, 0.717) is 12.1 Å². The number of pyridine rings is 1. The van der Waals surface area contributed by atoms with Gasteiger partial charge >= 0.3 is 0 Å². The smallest absolute Gasteiger partial charge is 0.0636 e. The van der Waals surface area contributed by atoms with Crippen LogP contribution in [0, 0.1) is 0 Å². The Kier molecular flexibility index (Phi) is 6.50. The number of piperidine rings is 1. The fourth-order valence-corrected chi connectivity index (χ4v) is 6.86. The maximum Gasteiger partial charge on any atom is 0.0636 e. The summed E-state index contributed by atoms with van der Waals surface area (Å²) in [7, 11) is 4.35. The van der Waals surface area contributed by atoms with Gasteiger partial charge in [-0.2, -0.15) is 0 Å². The van der Waals surface area contributed by atoms with Gasteiger partial charge in [0, 0.05) is 46.0 Å². The van der Waals surface area contributed by atoms with Crippen LogP contribution in [-0.4, -0.2) is 47.5 Å². The highest BCUT2D eigenvalue weighted by molar-refractivity contribution is 6.32. The molecule has 33 heavy (non-hydrogen) atoms. The van der Waals surface area contributed by atoms with Gasteiger partial charge in [-0.05, 0) is 75.2 Å². The Morgan fingerprint density at radius 2 is 1.42 bits per heavy atom. The lowest BCUT2D eigenvalue weighted by Gasteiger charge is -2.50. The van der Waals surface area contributed by atoms with Gasteiger partial charge in [0.2, 0.25) is 0 Å². The third-order valence-electron chi connectivity index (χ3n) is 7.45. The van der Waals surface area contributed by atoms with Crippen molar-refractivity contribution in [1.29, 1.82) is 0 Å². The quantitative estimate of drug-likeness (QED) is 0.396. The Bertz CT molecular complexity index is 1040. The number of benzene rings is 2. The number of nitrogens with zero attached hydrogens (tertiary/aromatic N) is 3. The largest absolute Gasteiger partial charge is 0.308 e. The van der Waals surface area contributed by atoms with Crippen molar-refractivity contribution in [2.24, 2.45) is 0 Å². The van der Waals surface area contributed by atoms with Gasteiger partial charge in [-0.15, -0.1) is 0 Å². The molecule has 3 nitrogen and oxygen atoms in total. The SMILES string of the molecule is CN(C)CC1(c2ccccn2)C[C@@H]2CC[C@@H](C1)N2C(c1ccccc1Cl)c1ccccc1Cl. The average Bonchev–Trinajstić information content (AvgIpc) is 3.07. The molecule has 2 saturated heterocycles. The summed E-state index contributed by atoms with van der Waals surface area (Å²) in [6, 6.07) is 23.8. The highest BCUT2D eigenvalue weighted by Crippen LogP contribution is 2.52. The van der Waals surface area contributed by atoms with Crippen molar-refractivity contribution in [1.82, 2.24) is 14.8 Å².